The number of pyridine rings is 2. The topological polar surface area (TPSA) is 39.9 Å². The molecule has 0 atom stereocenters. The second kappa shape index (κ2) is 10.8. The Balaban J connectivity index is 0.00000300. The first-order valence-electron chi connectivity index (χ1n) is 14.6. The number of hydrogen-bond acceptors (Lipinski definition) is 5. The smallest absolute Gasteiger partial charge is 0.121 e. The fourth-order valence-electron chi connectivity index (χ4n) is 6.38. The molecule has 1 aliphatic rings. The van der Waals surface area contributed by atoms with Crippen LogP contribution in [0.1, 0.15) is 0 Å². The Hall–Kier alpha value is -5.19. The molecule has 0 bridgehead atoms. The van der Waals surface area contributed by atoms with Crippen molar-refractivity contribution >= 4 is 72.6 Å². The summed E-state index contributed by atoms with van der Waals surface area (Å²) in [6.45, 7) is 2.05. The number of nitrogens with zero attached hydrogens (tertiary/aromatic N) is 6. The van der Waals surface area contributed by atoms with Crippen LogP contribution in [0.3, 0.4) is 0 Å². The predicted octanol–water partition coefficient (Wildman–Crippen LogP) is 8.96. The summed E-state index contributed by atoms with van der Waals surface area (Å²) in [4.78, 5) is 16.1. The number of imidazole rings is 1. The zero-order chi connectivity index (χ0) is 29.2. The van der Waals surface area contributed by atoms with Gasteiger partial charge in [0.1, 0.15) is 5.82 Å². The third kappa shape index (κ3) is 4.28. The Morgan fingerprint density at radius 1 is 0.689 bits per heavy atom. The third-order valence-corrected chi connectivity index (χ3v) is 8.32. The molecule has 45 heavy (non-hydrogen) atoms. The Kier molecular flexibility index (Phi) is 6.54. The number of rotatable bonds is 4. The van der Waals surface area contributed by atoms with Crippen LogP contribution in [0.15, 0.2) is 128 Å². The van der Waals surface area contributed by atoms with E-state index in [1.807, 2.05) is 43.0 Å². The average molecular weight is 761 g/mol. The molecule has 0 unspecified atom stereocenters. The van der Waals surface area contributed by atoms with Crippen molar-refractivity contribution in [3.05, 3.63) is 146 Å². The van der Waals surface area contributed by atoms with E-state index in [1.54, 1.807) is 0 Å². The average Bonchev–Trinajstić information content (AvgIpc) is 3.64. The Bertz CT molecular complexity index is 2370. The first-order valence-corrected chi connectivity index (χ1v) is 14.6. The van der Waals surface area contributed by atoms with Gasteiger partial charge in [-0.1, -0.05) is 65.0 Å². The Morgan fingerprint density at radius 3 is 2.36 bits per heavy atom. The quantitative estimate of drug-likeness (QED) is 0.132. The maximum atomic E-state index is 5.12. The van der Waals surface area contributed by atoms with Crippen molar-refractivity contribution in [3.8, 4) is 0 Å². The van der Waals surface area contributed by atoms with Crippen LogP contribution in [-0.4, -0.2) is 21.4 Å². The summed E-state index contributed by atoms with van der Waals surface area (Å²) in [5.41, 5.74) is 8.86. The summed E-state index contributed by atoms with van der Waals surface area (Å²) in [7, 11) is 2.01. The van der Waals surface area contributed by atoms with Crippen LogP contribution >= 0.6 is 0 Å². The number of fused-ring (bicyclic) bond motifs is 9. The SMILES string of the molecule is CN1[CH-]N(c2[c-]c(N(c3[c-]c4c(cc3)c3ccccc3n3c5ccccc5nc43)c3ccccc3)ccc2)c2cccnc21.[Pt]. The maximum Gasteiger partial charge on any atom is 0.121 e. The minimum absolute atomic E-state index is 0. The molecule has 9 rings (SSSR count). The van der Waals surface area contributed by atoms with Crippen LogP contribution in [-0.2, 0) is 21.1 Å². The Morgan fingerprint density at radius 2 is 1.47 bits per heavy atom. The molecule has 0 saturated heterocycles. The summed E-state index contributed by atoms with van der Waals surface area (Å²) in [5.74, 6) is 0.914. The number of benzene rings is 5. The van der Waals surface area contributed by atoms with Gasteiger partial charge in [-0.25, -0.2) is 4.98 Å². The molecule has 6 nitrogen and oxygen atoms in total. The number of para-hydroxylation sites is 4. The fraction of sp³-hybridized carbons (Fsp3) is 0.0263. The monoisotopic (exact) mass is 760 g/mol. The first-order chi connectivity index (χ1) is 21.7. The zero-order valence-electron chi connectivity index (χ0n) is 24.2. The van der Waals surface area contributed by atoms with Crippen LogP contribution in [0, 0.1) is 18.8 Å². The van der Waals surface area contributed by atoms with Crippen LogP contribution in [0.5, 0.6) is 0 Å². The van der Waals surface area contributed by atoms with Crippen molar-refractivity contribution in [3.63, 3.8) is 0 Å². The summed E-state index contributed by atoms with van der Waals surface area (Å²) in [6.07, 6.45) is 1.82. The van der Waals surface area contributed by atoms with Gasteiger partial charge in [-0.2, -0.15) is 12.7 Å². The molecule has 7 heteroatoms. The van der Waals surface area contributed by atoms with Gasteiger partial charge in [0, 0.05) is 38.5 Å². The van der Waals surface area contributed by atoms with Crippen molar-refractivity contribution in [2.75, 3.05) is 21.7 Å². The summed E-state index contributed by atoms with van der Waals surface area (Å²) in [6, 6.07) is 49.4. The fourth-order valence-corrected chi connectivity index (χ4v) is 6.38. The van der Waals surface area contributed by atoms with Gasteiger partial charge in [0.05, 0.1) is 22.4 Å². The Labute approximate surface area is 275 Å². The van der Waals surface area contributed by atoms with E-state index in [0.717, 1.165) is 67.2 Å². The number of aromatic nitrogens is 3. The van der Waals surface area contributed by atoms with Gasteiger partial charge in [-0.3, -0.25) is 4.98 Å². The molecule has 0 aliphatic carbocycles. The molecule has 3 aromatic heterocycles. The molecular weight excluding hydrogens is 736 g/mol. The molecule has 0 amide bonds. The van der Waals surface area contributed by atoms with Crippen molar-refractivity contribution in [2.45, 2.75) is 0 Å². The molecule has 0 N–H and O–H groups in total. The molecule has 0 saturated carbocycles. The maximum absolute atomic E-state index is 5.12. The van der Waals surface area contributed by atoms with E-state index in [4.69, 9.17) is 4.98 Å². The summed E-state index contributed by atoms with van der Waals surface area (Å²) >= 11 is 0. The standard InChI is InChI=1S/C38H25N6.Pt/c1-41-25-42(36-19-10-22-39-38(36)41)27-13-9-14-28(23-27)43(26-11-3-2-4-12-26)29-20-21-30-31-15-5-7-17-34(31)44-35-18-8-6-16-33(35)40-37(44)32(30)24-29;/h2-22,25H,1H3;/q-3;. The zero-order valence-corrected chi connectivity index (χ0v) is 26.5. The molecule has 1 aliphatic heterocycles. The normalized spacial score (nSPS) is 12.6. The van der Waals surface area contributed by atoms with Crippen LogP contribution in [0.4, 0.5) is 34.3 Å². The van der Waals surface area contributed by atoms with E-state index >= 15 is 0 Å². The van der Waals surface area contributed by atoms with Gasteiger partial charge in [0.25, 0.3) is 0 Å². The number of anilines is 6. The number of hydrogen-bond donors (Lipinski definition) is 0. The molecule has 0 fully saturated rings. The summed E-state index contributed by atoms with van der Waals surface area (Å²) < 4.78 is 2.26. The minimum Gasteiger partial charge on any atom is -0.492 e. The van der Waals surface area contributed by atoms with Gasteiger partial charge >= 0.3 is 0 Å². The van der Waals surface area contributed by atoms with Crippen molar-refractivity contribution < 1.29 is 21.1 Å². The molecule has 4 heterocycles. The van der Waals surface area contributed by atoms with Crippen molar-refractivity contribution in [1.29, 1.82) is 0 Å². The van der Waals surface area contributed by atoms with Crippen molar-refractivity contribution in [1.82, 2.24) is 14.4 Å². The largest absolute Gasteiger partial charge is 0.492 e. The first kappa shape index (κ1) is 27.4. The van der Waals surface area contributed by atoms with Gasteiger partial charge < -0.3 is 19.1 Å². The van der Waals surface area contributed by atoms with Gasteiger partial charge in [-0.05, 0) is 60.6 Å². The van der Waals surface area contributed by atoms with E-state index in [2.05, 4.69) is 134 Å². The molecule has 0 radical (unpaired) electrons. The molecule has 0 spiro atoms. The minimum atomic E-state index is 0. The van der Waals surface area contributed by atoms with E-state index < -0.39 is 0 Å². The van der Waals surface area contributed by atoms with Gasteiger partial charge in [-0.15, -0.1) is 42.1 Å². The summed E-state index contributed by atoms with van der Waals surface area (Å²) in [5, 5.41) is 3.27. The van der Waals surface area contributed by atoms with Gasteiger partial charge in [0.2, 0.25) is 0 Å². The molecule has 220 valence electrons. The molecule has 5 aromatic carbocycles. The van der Waals surface area contributed by atoms with E-state index in [-0.39, 0.29) is 21.1 Å². The van der Waals surface area contributed by atoms with Crippen LogP contribution in [0.25, 0.3) is 38.4 Å². The second-order valence-corrected chi connectivity index (χ2v) is 10.9. The van der Waals surface area contributed by atoms with E-state index in [9.17, 15) is 0 Å². The van der Waals surface area contributed by atoms with Crippen LogP contribution in [0.2, 0.25) is 0 Å². The molecule has 8 aromatic rings. The molecular formula is C38H25N6Pt-3. The van der Waals surface area contributed by atoms with Crippen LogP contribution < -0.4 is 14.7 Å². The second-order valence-electron chi connectivity index (χ2n) is 10.9. The van der Waals surface area contributed by atoms with E-state index in [0.29, 0.717) is 0 Å². The van der Waals surface area contributed by atoms with Crippen molar-refractivity contribution in [2.24, 2.45) is 0 Å². The van der Waals surface area contributed by atoms with E-state index in [1.165, 1.54) is 5.39 Å². The van der Waals surface area contributed by atoms with Gasteiger partial charge in [0.15, 0.2) is 0 Å². The third-order valence-electron chi connectivity index (χ3n) is 8.32. The predicted molar refractivity (Wildman–Crippen MR) is 179 cm³/mol.